The Morgan fingerprint density at radius 3 is 1.33 bits per heavy atom. The van der Waals surface area contributed by atoms with Crippen LogP contribution in [0.2, 0.25) is 0 Å². The van der Waals surface area contributed by atoms with Crippen molar-refractivity contribution in [1.82, 2.24) is 0 Å². The first-order valence-electron chi connectivity index (χ1n) is 8.31. The molecular weight excluding hydrogens is 503 g/mol. The molecule has 2 aromatic rings. The predicted molar refractivity (Wildman–Crippen MR) is 110 cm³/mol. The predicted octanol–water partition coefficient (Wildman–Crippen LogP) is 7.54. The van der Waals surface area contributed by atoms with Crippen LogP contribution >= 0.6 is 24.4 Å². The van der Waals surface area contributed by atoms with Gasteiger partial charge in [-0.05, 0) is 50.6 Å². The van der Waals surface area contributed by atoms with Crippen molar-refractivity contribution in [1.29, 1.82) is 0 Å². The Bertz CT molecular complexity index is 660. The van der Waals surface area contributed by atoms with E-state index >= 15 is 0 Å². The van der Waals surface area contributed by atoms with Gasteiger partial charge < -0.3 is 0 Å². The van der Waals surface area contributed by atoms with E-state index in [0.717, 1.165) is 6.42 Å². The molecule has 0 amide bonds. The summed E-state index contributed by atoms with van der Waals surface area (Å²) >= 11 is 6.32. The molecular formula is C21H26Br2Zr. The van der Waals surface area contributed by atoms with Gasteiger partial charge in [0.25, 0.3) is 0 Å². The average Bonchev–Trinajstić information content (AvgIpc) is 2.82. The first-order valence-corrected chi connectivity index (χ1v) is 19.6. The zero-order chi connectivity index (χ0) is 18.1. The molecule has 3 heteroatoms. The average molecular weight is 529 g/mol. The van der Waals surface area contributed by atoms with Gasteiger partial charge in [-0.3, -0.25) is 0 Å². The summed E-state index contributed by atoms with van der Waals surface area (Å²) in [6.45, 7) is 13.7. The fourth-order valence-corrected chi connectivity index (χ4v) is 3.14. The number of hydrogen-bond donors (Lipinski definition) is 0. The van der Waals surface area contributed by atoms with Crippen molar-refractivity contribution in [3.8, 4) is 11.1 Å². The minimum atomic E-state index is -0.145. The van der Waals surface area contributed by atoms with Gasteiger partial charge in [0.15, 0.2) is 0 Å². The third-order valence-corrected chi connectivity index (χ3v) is 4.61. The second-order valence-corrected chi connectivity index (χ2v) is 19.8. The molecule has 128 valence electrons. The molecule has 0 N–H and O–H groups in total. The van der Waals surface area contributed by atoms with E-state index in [9.17, 15) is 0 Å². The summed E-state index contributed by atoms with van der Waals surface area (Å²) in [6.07, 6.45) is 1.08. The molecule has 0 spiro atoms. The molecule has 24 heavy (non-hydrogen) atoms. The summed E-state index contributed by atoms with van der Waals surface area (Å²) in [4.78, 5) is 0. The van der Waals surface area contributed by atoms with Crippen LogP contribution in [0.15, 0.2) is 36.4 Å². The fraction of sp³-hybridized carbons (Fsp3) is 0.429. The van der Waals surface area contributed by atoms with Gasteiger partial charge in [0.2, 0.25) is 0 Å². The van der Waals surface area contributed by atoms with Crippen LogP contribution < -0.4 is 0 Å². The third kappa shape index (κ3) is 4.71. The molecule has 1 aliphatic carbocycles. The minimum absolute atomic E-state index is 0.145. The van der Waals surface area contributed by atoms with E-state index in [0.29, 0.717) is 0 Å². The molecule has 2 aromatic carbocycles. The van der Waals surface area contributed by atoms with Crippen LogP contribution in [-0.4, -0.2) is 0 Å². The van der Waals surface area contributed by atoms with E-state index in [1.54, 1.807) is 0 Å². The van der Waals surface area contributed by atoms with Crippen LogP contribution in [0.3, 0.4) is 0 Å². The van der Waals surface area contributed by atoms with Crippen molar-refractivity contribution in [3.63, 3.8) is 0 Å². The van der Waals surface area contributed by atoms with Crippen molar-refractivity contribution in [3.05, 3.63) is 58.7 Å². The Morgan fingerprint density at radius 2 is 1.04 bits per heavy atom. The van der Waals surface area contributed by atoms with Crippen molar-refractivity contribution in [2.24, 2.45) is 0 Å². The number of benzene rings is 2. The Morgan fingerprint density at radius 1 is 0.708 bits per heavy atom. The standard InChI is InChI=1S/C21H26.2BrH.Zr/c1-20(2,3)16-7-9-18-14(12-16)11-15-13-17(21(4,5)6)8-10-19(15)18;;;/h7-10,12-13H,11H2,1-6H3;2*1H;/q;;;+2/p-2. The number of hydrogen-bond acceptors (Lipinski definition) is 0. The van der Waals surface area contributed by atoms with Crippen LogP contribution in [0.25, 0.3) is 11.1 Å². The molecule has 0 atom stereocenters. The Hall–Kier alpha value is 0.283. The third-order valence-electron chi connectivity index (χ3n) is 4.61. The van der Waals surface area contributed by atoms with Crippen LogP contribution in [0.4, 0.5) is 0 Å². The first kappa shape index (κ1) is 20.6. The van der Waals surface area contributed by atoms with Crippen molar-refractivity contribution < 1.29 is 18.5 Å². The number of halogens is 2. The summed E-state index contributed by atoms with van der Waals surface area (Å²) in [5.74, 6) is 0. The van der Waals surface area contributed by atoms with Crippen LogP contribution in [-0.2, 0) is 35.8 Å². The summed E-state index contributed by atoms with van der Waals surface area (Å²) in [5, 5.41) is 0. The summed E-state index contributed by atoms with van der Waals surface area (Å²) in [7, 11) is 0. The van der Waals surface area contributed by atoms with Crippen molar-refractivity contribution in [2.75, 3.05) is 0 Å². The van der Waals surface area contributed by atoms with Gasteiger partial charge in [0.1, 0.15) is 0 Å². The topological polar surface area (TPSA) is 0 Å². The maximum atomic E-state index is 3.23. The number of rotatable bonds is 0. The van der Waals surface area contributed by atoms with E-state index in [4.69, 9.17) is 0 Å². The Kier molecular flexibility index (Phi) is 6.77. The maximum absolute atomic E-state index is 3.23. The molecule has 0 aliphatic heterocycles. The molecule has 0 heterocycles. The molecule has 0 aromatic heterocycles. The van der Waals surface area contributed by atoms with Gasteiger partial charge in [-0.2, -0.15) is 0 Å². The van der Waals surface area contributed by atoms with E-state index in [1.807, 2.05) is 0 Å². The van der Waals surface area contributed by atoms with Gasteiger partial charge in [-0.1, -0.05) is 77.9 Å². The molecule has 1 aliphatic rings. The van der Waals surface area contributed by atoms with Gasteiger partial charge in [-0.25, -0.2) is 0 Å². The number of fused-ring (bicyclic) bond motifs is 3. The fourth-order valence-electron chi connectivity index (χ4n) is 3.14. The molecule has 0 radical (unpaired) electrons. The normalized spacial score (nSPS) is 12.8. The van der Waals surface area contributed by atoms with Crippen LogP contribution in [0.5, 0.6) is 0 Å². The van der Waals surface area contributed by atoms with E-state index < -0.39 is 0 Å². The van der Waals surface area contributed by atoms with E-state index in [-0.39, 0.29) is 29.4 Å². The van der Waals surface area contributed by atoms with Gasteiger partial charge in [0.05, 0.1) is 0 Å². The zero-order valence-electron chi connectivity index (χ0n) is 15.4. The molecule has 3 rings (SSSR count). The van der Waals surface area contributed by atoms with Gasteiger partial charge in [-0.15, -0.1) is 0 Å². The van der Waals surface area contributed by atoms with E-state index in [2.05, 4.69) is 102 Å². The van der Waals surface area contributed by atoms with E-state index in [1.165, 1.54) is 33.4 Å². The molecule has 0 saturated heterocycles. The molecule has 0 bridgehead atoms. The second kappa shape index (κ2) is 7.89. The summed E-state index contributed by atoms with van der Waals surface area (Å²) in [5.41, 5.74) is 9.15. The zero-order valence-corrected chi connectivity index (χ0v) is 21.1. The molecule has 0 unspecified atom stereocenters. The quantitative estimate of drug-likeness (QED) is 0.282. The Balaban J connectivity index is 0.000000647. The monoisotopic (exact) mass is 526 g/mol. The van der Waals surface area contributed by atoms with Crippen LogP contribution in [0.1, 0.15) is 63.8 Å². The molecule has 0 nitrogen and oxygen atoms in total. The summed E-state index contributed by atoms with van der Waals surface area (Å²) in [6, 6.07) is 14.0. The second-order valence-electron chi connectivity index (χ2n) is 8.49. The van der Waals surface area contributed by atoms with Crippen molar-refractivity contribution >= 4 is 24.4 Å². The molecule has 0 fully saturated rings. The first-order chi connectivity index (χ1) is 11.1. The van der Waals surface area contributed by atoms with Crippen LogP contribution in [0, 0.1) is 0 Å². The summed E-state index contributed by atoms with van der Waals surface area (Å²) < 4.78 is 0. The van der Waals surface area contributed by atoms with Crippen molar-refractivity contribution in [2.45, 2.75) is 58.8 Å². The van der Waals surface area contributed by atoms with Gasteiger partial charge in [0, 0.05) is 0 Å². The Labute approximate surface area is 170 Å². The van der Waals surface area contributed by atoms with Gasteiger partial charge >= 0.3 is 43.0 Å². The molecule has 0 saturated carbocycles. The SMILES string of the molecule is CC(C)(C)c1ccc2c(c1)Cc1cc(C(C)(C)C)ccc1-2.[Br][Zr][Br].